The second-order valence-corrected chi connectivity index (χ2v) is 9.42. The predicted octanol–water partition coefficient (Wildman–Crippen LogP) is 4.52. The summed E-state index contributed by atoms with van der Waals surface area (Å²) in [5, 5.41) is 10.0. The summed E-state index contributed by atoms with van der Waals surface area (Å²) in [5.74, 6) is 3.07. The first kappa shape index (κ1) is 15.9. The average Bonchev–Trinajstić information content (AvgIpc) is 2.85. The Morgan fingerprint density at radius 3 is 2.61 bits per heavy atom. The van der Waals surface area contributed by atoms with Crippen molar-refractivity contribution < 1.29 is 9.90 Å². The van der Waals surface area contributed by atoms with Crippen molar-refractivity contribution in [2.24, 2.45) is 34.5 Å². The van der Waals surface area contributed by atoms with E-state index in [4.69, 9.17) is 0 Å². The zero-order valence-electron chi connectivity index (χ0n) is 15.0. The van der Waals surface area contributed by atoms with Gasteiger partial charge in [-0.2, -0.15) is 0 Å². The fourth-order valence-electron chi connectivity index (χ4n) is 7.38. The maximum Gasteiger partial charge on any atom is 0.133 e. The summed E-state index contributed by atoms with van der Waals surface area (Å²) in [6, 6.07) is 0. The SMILES string of the molecule is CC(=O)C1CC[C@H]2[C@@H]3CCC4=CC(O)CC[C@]4(C)[C@H]3CC[C@]12C. The van der Waals surface area contributed by atoms with Crippen molar-refractivity contribution in [1.29, 1.82) is 0 Å². The normalized spacial score (nSPS) is 52.2. The van der Waals surface area contributed by atoms with Gasteiger partial charge in [0.2, 0.25) is 0 Å². The van der Waals surface area contributed by atoms with Crippen LogP contribution in [0.25, 0.3) is 0 Å². The van der Waals surface area contributed by atoms with Crippen molar-refractivity contribution in [2.75, 3.05) is 0 Å². The Bertz CT molecular complexity index is 550. The number of aliphatic hydroxyl groups is 1. The summed E-state index contributed by atoms with van der Waals surface area (Å²) in [7, 11) is 0. The van der Waals surface area contributed by atoms with Crippen LogP contribution in [-0.4, -0.2) is 17.0 Å². The monoisotopic (exact) mass is 316 g/mol. The number of carbonyl (C=O) groups excluding carboxylic acids is 1. The molecule has 0 heterocycles. The van der Waals surface area contributed by atoms with Crippen LogP contribution >= 0.6 is 0 Å². The quantitative estimate of drug-likeness (QED) is 0.722. The zero-order chi connectivity index (χ0) is 16.4. The van der Waals surface area contributed by atoms with Crippen LogP contribution in [-0.2, 0) is 4.79 Å². The lowest BCUT2D eigenvalue weighted by Gasteiger charge is -2.58. The zero-order valence-corrected chi connectivity index (χ0v) is 15.0. The molecule has 0 spiro atoms. The second kappa shape index (κ2) is 5.18. The largest absolute Gasteiger partial charge is 0.389 e. The van der Waals surface area contributed by atoms with Crippen LogP contribution in [0.2, 0.25) is 0 Å². The molecule has 4 aliphatic carbocycles. The Kier molecular flexibility index (Phi) is 3.58. The summed E-state index contributed by atoms with van der Waals surface area (Å²) in [6.07, 6.45) is 11.4. The Morgan fingerprint density at radius 2 is 1.87 bits per heavy atom. The van der Waals surface area contributed by atoms with E-state index in [2.05, 4.69) is 19.9 Å². The van der Waals surface area contributed by atoms with Crippen LogP contribution in [0, 0.1) is 34.5 Å². The lowest BCUT2D eigenvalue weighted by Crippen LogP contribution is -2.51. The molecule has 3 saturated carbocycles. The molecular formula is C21H32O2. The summed E-state index contributed by atoms with van der Waals surface area (Å²) in [4.78, 5) is 12.2. The van der Waals surface area contributed by atoms with Gasteiger partial charge in [0, 0.05) is 5.92 Å². The van der Waals surface area contributed by atoms with Crippen LogP contribution in [0.4, 0.5) is 0 Å². The third kappa shape index (κ3) is 2.13. The number of carbonyl (C=O) groups is 1. The molecule has 0 aromatic rings. The molecule has 2 nitrogen and oxygen atoms in total. The second-order valence-electron chi connectivity index (χ2n) is 9.42. The topological polar surface area (TPSA) is 37.3 Å². The van der Waals surface area contributed by atoms with Crippen LogP contribution < -0.4 is 0 Å². The first-order valence-corrected chi connectivity index (χ1v) is 9.76. The molecule has 0 bridgehead atoms. The van der Waals surface area contributed by atoms with Crippen molar-refractivity contribution in [2.45, 2.75) is 78.2 Å². The van der Waals surface area contributed by atoms with E-state index in [9.17, 15) is 9.90 Å². The van der Waals surface area contributed by atoms with Crippen LogP contribution in [0.3, 0.4) is 0 Å². The fraction of sp³-hybridized carbons (Fsp3) is 0.857. The van der Waals surface area contributed by atoms with Gasteiger partial charge in [-0.15, -0.1) is 0 Å². The smallest absolute Gasteiger partial charge is 0.133 e. The number of hydrogen-bond acceptors (Lipinski definition) is 2. The first-order valence-electron chi connectivity index (χ1n) is 9.76. The summed E-state index contributed by atoms with van der Waals surface area (Å²) >= 11 is 0. The van der Waals surface area contributed by atoms with Gasteiger partial charge in [0.1, 0.15) is 5.78 Å². The molecule has 0 radical (unpaired) electrons. The molecule has 7 atom stereocenters. The lowest BCUT2D eigenvalue weighted by atomic mass is 9.46. The number of aliphatic hydroxyl groups excluding tert-OH is 1. The molecule has 2 heteroatoms. The molecule has 3 fully saturated rings. The molecule has 23 heavy (non-hydrogen) atoms. The van der Waals surface area contributed by atoms with Crippen molar-refractivity contribution in [3.63, 3.8) is 0 Å². The lowest BCUT2D eigenvalue weighted by molar-refractivity contribution is -0.127. The highest BCUT2D eigenvalue weighted by Crippen LogP contribution is 2.66. The highest BCUT2D eigenvalue weighted by molar-refractivity contribution is 5.79. The number of Topliss-reactive ketones (excluding diaryl/α,β-unsaturated/α-hetero) is 1. The minimum Gasteiger partial charge on any atom is -0.389 e. The first-order chi connectivity index (χ1) is 10.9. The van der Waals surface area contributed by atoms with E-state index in [1.54, 1.807) is 5.57 Å². The summed E-state index contributed by atoms with van der Waals surface area (Å²) in [5.41, 5.74) is 2.12. The predicted molar refractivity (Wildman–Crippen MR) is 91.9 cm³/mol. The van der Waals surface area contributed by atoms with E-state index in [1.807, 2.05) is 6.92 Å². The van der Waals surface area contributed by atoms with Crippen molar-refractivity contribution in [3.8, 4) is 0 Å². The average molecular weight is 316 g/mol. The molecule has 4 rings (SSSR count). The van der Waals surface area contributed by atoms with E-state index < -0.39 is 0 Å². The number of fused-ring (bicyclic) bond motifs is 5. The van der Waals surface area contributed by atoms with Gasteiger partial charge in [-0.1, -0.05) is 25.5 Å². The maximum atomic E-state index is 12.2. The van der Waals surface area contributed by atoms with Crippen LogP contribution in [0.5, 0.6) is 0 Å². The highest BCUT2D eigenvalue weighted by Gasteiger charge is 2.59. The third-order valence-corrected chi connectivity index (χ3v) is 8.58. The standard InChI is InChI=1S/C21H32O2/c1-13(22)17-6-7-18-16-5-4-14-12-15(23)8-10-20(14,2)19(16)9-11-21(17,18)3/h12,15-19,23H,4-11H2,1-3H3/t15?,16-,17?,18-,19-,20-,21+/m0/s1. The van der Waals surface area contributed by atoms with E-state index in [1.165, 1.54) is 32.1 Å². The van der Waals surface area contributed by atoms with Crippen LogP contribution in [0.1, 0.15) is 72.1 Å². The number of allylic oxidation sites excluding steroid dienone is 1. The van der Waals surface area contributed by atoms with Gasteiger partial charge in [0.05, 0.1) is 6.10 Å². The minimum atomic E-state index is -0.211. The van der Waals surface area contributed by atoms with E-state index in [0.29, 0.717) is 17.1 Å². The molecular weight excluding hydrogens is 284 g/mol. The summed E-state index contributed by atoms with van der Waals surface area (Å²) < 4.78 is 0. The molecule has 0 aromatic carbocycles. The Hall–Kier alpha value is -0.630. The van der Waals surface area contributed by atoms with Crippen molar-refractivity contribution >= 4 is 5.78 Å². The van der Waals surface area contributed by atoms with E-state index >= 15 is 0 Å². The van der Waals surface area contributed by atoms with Gasteiger partial charge < -0.3 is 5.11 Å². The molecule has 0 aromatic heterocycles. The van der Waals surface area contributed by atoms with Gasteiger partial charge in [0.25, 0.3) is 0 Å². The fourth-order valence-corrected chi connectivity index (χ4v) is 7.38. The van der Waals surface area contributed by atoms with E-state index in [-0.39, 0.29) is 11.5 Å². The molecule has 0 saturated heterocycles. The molecule has 0 aliphatic heterocycles. The van der Waals surface area contributed by atoms with Gasteiger partial charge in [0.15, 0.2) is 0 Å². The van der Waals surface area contributed by atoms with Gasteiger partial charge >= 0.3 is 0 Å². The Labute approximate surface area is 140 Å². The summed E-state index contributed by atoms with van der Waals surface area (Å²) in [6.45, 7) is 6.71. The molecule has 1 N–H and O–H groups in total. The molecule has 4 aliphatic rings. The molecule has 2 unspecified atom stereocenters. The maximum absolute atomic E-state index is 12.2. The van der Waals surface area contributed by atoms with Crippen LogP contribution in [0.15, 0.2) is 11.6 Å². The van der Waals surface area contributed by atoms with Crippen molar-refractivity contribution in [3.05, 3.63) is 11.6 Å². The van der Waals surface area contributed by atoms with E-state index in [0.717, 1.165) is 37.0 Å². The number of ketones is 1. The Balaban J connectivity index is 1.66. The minimum absolute atomic E-state index is 0.211. The van der Waals surface area contributed by atoms with Gasteiger partial charge in [-0.05, 0) is 86.9 Å². The van der Waals surface area contributed by atoms with Crippen molar-refractivity contribution in [1.82, 2.24) is 0 Å². The molecule has 0 amide bonds. The van der Waals surface area contributed by atoms with Gasteiger partial charge in [-0.3, -0.25) is 4.79 Å². The Morgan fingerprint density at radius 1 is 1.09 bits per heavy atom. The highest BCUT2D eigenvalue weighted by atomic mass is 16.3. The third-order valence-electron chi connectivity index (χ3n) is 8.58. The van der Waals surface area contributed by atoms with Gasteiger partial charge in [-0.25, -0.2) is 0 Å². The number of rotatable bonds is 1. The number of hydrogen-bond donors (Lipinski definition) is 1. The molecule has 128 valence electrons.